The predicted molar refractivity (Wildman–Crippen MR) is 82.8 cm³/mol. The molecule has 0 saturated carbocycles. The van der Waals surface area contributed by atoms with Crippen molar-refractivity contribution in [2.45, 2.75) is 6.54 Å². The fourth-order valence-electron chi connectivity index (χ4n) is 1.96. The Morgan fingerprint density at radius 2 is 2.05 bits per heavy atom. The van der Waals surface area contributed by atoms with Crippen LogP contribution in [-0.4, -0.2) is 14.8 Å². The number of aromatic nitrogens is 3. The fraction of sp³-hybridized carbons (Fsp3) is 0.0667. The minimum absolute atomic E-state index is 0.736. The van der Waals surface area contributed by atoms with Gasteiger partial charge in [0.2, 0.25) is 0 Å². The Kier molecular flexibility index (Phi) is 3.78. The summed E-state index contributed by atoms with van der Waals surface area (Å²) in [5.74, 6) is 0.799. The van der Waals surface area contributed by atoms with Crippen molar-refractivity contribution >= 4 is 21.6 Å². The van der Waals surface area contributed by atoms with Crippen molar-refractivity contribution in [3.05, 3.63) is 71.1 Å². The Morgan fingerprint density at radius 1 is 1.10 bits per heavy atom. The molecule has 0 aliphatic rings. The van der Waals surface area contributed by atoms with Crippen LogP contribution in [0, 0.1) is 0 Å². The van der Waals surface area contributed by atoms with Gasteiger partial charge in [-0.3, -0.25) is 0 Å². The van der Waals surface area contributed by atoms with Gasteiger partial charge in [-0.25, -0.2) is 9.67 Å². The molecule has 0 radical (unpaired) electrons. The van der Waals surface area contributed by atoms with Crippen LogP contribution in [0.4, 0.5) is 5.69 Å². The highest BCUT2D eigenvalue weighted by Crippen LogP contribution is 2.18. The highest BCUT2D eigenvalue weighted by atomic mass is 79.9. The van der Waals surface area contributed by atoms with Crippen LogP contribution in [0.15, 0.2) is 65.5 Å². The van der Waals surface area contributed by atoms with E-state index >= 15 is 0 Å². The zero-order chi connectivity index (χ0) is 13.8. The molecule has 0 atom stereocenters. The summed E-state index contributed by atoms with van der Waals surface area (Å²) in [6.07, 6.45) is 5.39. The number of nitrogens with one attached hydrogen (secondary N) is 1. The van der Waals surface area contributed by atoms with Crippen molar-refractivity contribution in [1.29, 1.82) is 0 Å². The number of pyridine rings is 1. The second-order valence-electron chi connectivity index (χ2n) is 4.31. The maximum Gasteiger partial charge on any atom is 0.176 e. The third-order valence-electron chi connectivity index (χ3n) is 2.88. The van der Waals surface area contributed by atoms with E-state index < -0.39 is 0 Å². The first-order valence-corrected chi connectivity index (χ1v) is 7.05. The third kappa shape index (κ3) is 2.88. The second-order valence-corrected chi connectivity index (χ2v) is 5.22. The normalized spacial score (nSPS) is 10.4. The minimum Gasteiger partial charge on any atom is -0.378 e. The van der Waals surface area contributed by atoms with Crippen LogP contribution in [0.1, 0.15) is 5.56 Å². The molecular formula is C15H13BrN4. The summed E-state index contributed by atoms with van der Waals surface area (Å²) in [6.45, 7) is 0.736. The largest absolute Gasteiger partial charge is 0.378 e. The Balaban J connectivity index is 1.81. The maximum absolute atomic E-state index is 4.38. The molecule has 2 aromatic heterocycles. The molecule has 0 unspecified atom stereocenters. The summed E-state index contributed by atoms with van der Waals surface area (Å²) in [5, 5.41) is 7.62. The van der Waals surface area contributed by atoms with Crippen molar-refractivity contribution in [2.24, 2.45) is 0 Å². The molecular weight excluding hydrogens is 316 g/mol. The molecule has 0 amide bonds. The molecule has 3 aromatic rings. The summed E-state index contributed by atoms with van der Waals surface area (Å²) >= 11 is 3.48. The lowest BCUT2D eigenvalue weighted by atomic mass is 10.2. The van der Waals surface area contributed by atoms with Gasteiger partial charge in [0.1, 0.15) is 0 Å². The molecule has 100 valence electrons. The summed E-state index contributed by atoms with van der Waals surface area (Å²) in [5.41, 5.74) is 2.16. The third-order valence-corrected chi connectivity index (χ3v) is 3.37. The molecule has 4 nitrogen and oxygen atoms in total. The number of rotatable bonds is 4. The van der Waals surface area contributed by atoms with Gasteiger partial charge in [-0.05, 0) is 35.9 Å². The Hall–Kier alpha value is -2.14. The van der Waals surface area contributed by atoms with Crippen molar-refractivity contribution < 1.29 is 0 Å². The van der Waals surface area contributed by atoms with Gasteiger partial charge >= 0.3 is 0 Å². The highest BCUT2D eigenvalue weighted by molar-refractivity contribution is 9.10. The van der Waals surface area contributed by atoms with E-state index in [4.69, 9.17) is 0 Å². The van der Waals surface area contributed by atoms with E-state index in [9.17, 15) is 0 Å². The van der Waals surface area contributed by atoms with Crippen molar-refractivity contribution in [1.82, 2.24) is 14.8 Å². The van der Waals surface area contributed by atoms with Crippen LogP contribution in [0.25, 0.3) is 5.82 Å². The molecule has 0 aliphatic heterocycles. The lowest BCUT2D eigenvalue weighted by Crippen LogP contribution is -2.06. The number of hydrogen-bond donors (Lipinski definition) is 1. The van der Waals surface area contributed by atoms with Crippen LogP contribution in [0.5, 0.6) is 0 Å². The number of hydrogen-bond acceptors (Lipinski definition) is 3. The molecule has 0 spiro atoms. The van der Waals surface area contributed by atoms with E-state index in [1.807, 2.05) is 36.5 Å². The van der Waals surface area contributed by atoms with E-state index in [0.29, 0.717) is 0 Å². The van der Waals surface area contributed by atoms with Crippen LogP contribution < -0.4 is 5.32 Å². The summed E-state index contributed by atoms with van der Waals surface area (Å²) in [7, 11) is 0. The van der Waals surface area contributed by atoms with Crippen LogP contribution in [0.3, 0.4) is 0 Å². The Bertz CT molecular complexity index is 695. The minimum atomic E-state index is 0.736. The molecule has 2 heterocycles. The molecule has 0 saturated heterocycles. The van der Waals surface area contributed by atoms with E-state index in [2.05, 4.69) is 43.5 Å². The van der Waals surface area contributed by atoms with Crippen molar-refractivity contribution in [3.8, 4) is 5.82 Å². The predicted octanol–water partition coefficient (Wildman–Crippen LogP) is 3.64. The van der Waals surface area contributed by atoms with Crippen molar-refractivity contribution in [2.75, 3.05) is 5.32 Å². The summed E-state index contributed by atoms with van der Waals surface area (Å²) < 4.78 is 2.83. The standard InChI is InChI=1S/C15H13BrN4/c16-13-5-1-4-12(10-13)11-18-14-6-2-7-17-15(14)20-9-3-8-19-20/h1-10,18H,11H2. The van der Waals surface area contributed by atoms with Gasteiger partial charge in [0.15, 0.2) is 5.82 Å². The van der Waals surface area contributed by atoms with Gasteiger partial charge in [0.05, 0.1) is 5.69 Å². The maximum atomic E-state index is 4.38. The topological polar surface area (TPSA) is 42.7 Å². The molecule has 5 heteroatoms. The second kappa shape index (κ2) is 5.88. The lowest BCUT2D eigenvalue weighted by molar-refractivity contribution is 0.846. The molecule has 0 aliphatic carbocycles. The van der Waals surface area contributed by atoms with E-state index in [0.717, 1.165) is 22.5 Å². The molecule has 1 aromatic carbocycles. The Morgan fingerprint density at radius 3 is 2.85 bits per heavy atom. The highest BCUT2D eigenvalue weighted by Gasteiger charge is 2.05. The van der Waals surface area contributed by atoms with Gasteiger partial charge in [-0.1, -0.05) is 28.1 Å². The monoisotopic (exact) mass is 328 g/mol. The first kappa shape index (κ1) is 12.9. The van der Waals surface area contributed by atoms with Gasteiger partial charge in [0.25, 0.3) is 0 Å². The van der Waals surface area contributed by atoms with Crippen LogP contribution in [-0.2, 0) is 6.54 Å². The van der Waals surface area contributed by atoms with Gasteiger partial charge in [0, 0.05) is 29.6 Å². The smallest absolute Gasteiger partial charge is 0.176 e. The summed E-state index contributed by atoms with van der Waals surface area (Å²) in [6, 6.07) is 14.0. The average molecular weight is 329 g/mol. The number of nitrogens with zero attached hydrogens (tertiary/aromatic N) is 3. The van der Waals surface area contributed by atoms with Gasteiger partial charge in [-0.15, -0.1) is 0 Å². The number of halogens is 1. The molecule has 3 rings (SSSR count). The zero-order valence-corrected chi connectivity index (χ0v) is 12.3. The van der Waals surface area contributed by atoms with E-state index in [1.165, 1.54) is 5.56 Å². The molecule has 1 N–H and O–H groups in total. The van der Waals surface area contributed by atoms with Crippen LogP contribution >= 0.6 is 15.9 Å². The molecule has 0 fully saturated rings. The zero-order valence-electron chi connectivity index (χ0n) is 10.7. The van der Waals surface area contributed by atoms with Gasteiger partial charge < -0.3 is 5.32 Å². The quantitative estimate of drug-likeness (QED) is 0.795. The SMILES string of the molecule is Brc1cccc(CNc2cccnc2-n2cccn2)c1. The molecule has 20 heavy (non-hydrogen) atoms. The average Bonchev–Trinajstić information content (AvgIpc) is 3.00. The first-order chi connectivity index (χ1) is 9.83. The van der Waals surface area contributed by atoms with E-state index in [-0.39, 0.29) is 0 Å². The lowest BCUT2D eigenvalue weighted by Gasteiger charge is -2.11. The van der Waals surface area contributed by atoms with Crippen molar-refractivity contribution in [3.63, 3.8) is 0 Å². The Labute approximate surface area is 125 Å². The first-order valence-electron chi connectivity index (χ1n) is 6.26. The van der Waals surface area contributed by atoms with Gasteiger partial charge in [-0.2, -0.15) is 5.10 Å². The molecule has 0 bridgehead atoms. The van der Waals surface area contributed by atoms with E-state index in [1.54, 1.807) is 17.1 Å². The van der Waals surface area contributed by atoms with Crippen LogP contribution in [0.2, 0.25) is 0 Å². The summed E-state index contributed by atoms with van der Waals surface area (Å²) in [4.78, 5) is 4.38. The number of benzene rings is 1. The number of anilines is 1. The fourth-order valence-corrected chi connectivity index (χ4v) is 2.40.